The van der Waals surface area contributed by atoms with Crippen molar-refractivity contribution < 1.29 is 0 Å². The number of pyridine rings is 1. The van der Waals surface area contributed by atoms with Crippen LogP contribution in [-0.4, -0.2) is 29.1 Å². The highest BCUT2D eigenvalue weighted by Gasteiger charge is 2.26. The van der Waals surface area contributed by atoms with E-state index >= 15 is 0 Å². The number of hydrogen-bond acceptors (Lipinski definition) is 4. The van der Waals surface area contributed by atoms with Gasteiger partial charge in [0, 0.05) is 67.5 Å². The van der Waals surface area contributed by atoms with Crippen LogP contribution in [0.3, 0.4) is 0 Å². The Kier molecular flexibility index (Phi) is 17.8. The minimum absolute atomic E-state index is 0.563. The lowest BCUT2D eigenvalue weighted by atomic mass is 9.91. The fourth-order valence-electron chi connectivity index (χ4n) is 11.6. The average Bonchev–Trinajstić information content (AvgIpc) is 2.99. The molecular formula is C79H74N6. The smallest absolute Gasteiger partial charge is 0.164 e. The lowest BCUT2D eigenvalue weighted by Gasteiger charge is -2.23. The fraction of sp³-hybridized carbons (Fsp3) is 0.139. The summed E-state index contributed by atoms with van der Waals surface area (Å²) in [6.45, 7) is 28.1. The molecule has 13 aromatic rings. The van der Waals surface area contributed by atoms with Gasteiger partial charge in [-0.15, -0.1) is 0 Å². The molecule has 0 radical (unpaired) electrons. The van der Waals surface area contributed by atoms with Crippen molar-refractivity contribution in [2.75, 3.05) is 0 Å². The van der Waals surface area contributed by atoms with Crippen molar-refractivity contribution >= 4 is 60.5 Å². The zero-order valence-electron chi connectivity index (χ0n) is 50.9. The average molecular weight is 1110 g/mol. The van der Waals surface area contributed by atoms with Crippen LogP contribution in [0.5, 0.6) is 0 Å². The summed E-state index contributed by atoms with van der Waals surface area (Å²) < 4.78 is 4.79. The molecule has 0 saturated carbocycles. The fourth-order valence-corrected chi connectivity index (χ4v) is 11.6. The molecule has 9 aromatic carbocycles. The van der Waals surface area contributed by atoms with Crippen LogP contribution in [0.2, 0.25) is 0 Å². The monoisotopic (exact) mass is 1110 g/mol. The van der Waals surface area contributed by atoms with Gasteiger partial charge in [-0.2, -0.15) is 0 Å². The Morgan fingerprint density at radius 1 is 0.388 bits per heavy atom. The van der Waals surface area contributed by atoms with E-state index in [0.29, 0.717) is 17.5 Å². The van der Waals surface area contributed by atoms with E-state index in [4.69, 9.17) is 21.5 Å². The zero-order chi connectivity index (χ0) is 59.7. The van der Waals surface area contributed by atoms with Crippen molar-refractivity contribution in [2.45, 2.75) is 76.2 Å². The summed E-state index contributed by atoms with van der Waals surface area (Å²) in [5, 5.41) is 4.64. The summed E-state index contributed by atoms with van der Waals surface area (Å²) in [6.07, 6.45) is 7.74. The number of allylic oxidation sites excluding steroid dienone is 5. The molecule has 0 aliphatic carbocycles. The first kappa shape index (κ1) is 58.2. The maximum Gasteiger partial charge on any atom is 0.164 e. The summed E-state index contributed by atoms with van der Waals surface area (Å²) in [4.78, 5) is 20.1. The lowest BCUT2D eigenvalue weighted by molar-refractivity contribution is 1.07. The molecule has 0 bridgehead atoms. The van der Waals surface area contributed by atoms with E-state index in [-0.39, 0.29) is 0 Å². The molecule has 0 amide bonds. The molecule has 0 atom stereocenters. The number of hydrogen-bond donors (Lipinski definition) is 0. The molecule has 4 aromatic heterocycles. The Balaban J connectivity index is 0.000000956. The molecule has 0 fully saturated rings. The van der Waals surface area contributed by atoms with Crippen LogP contribution in [-0.2, 0) is 0 Å². The van der Waals surface area contributed by atoms with Gasteiger partial charge in [-0.3, -0.25) is 4.98 Å². The standard InChI is InChI=1S/C71H54N6.C4H8.2C2H6/c1-44-35-45(2)38-56(37-44)53-25-28-65-60(41-53)58-21-13-15-23-63(58)76(65)49(6)68(48(5)50-31-33-72-34-32-50)62-43-55(71-74-69(51-17-9-7-10-18-51)73-70(75-71)52-19-11-8-12-20-52)27-30-67(62)77-64-24-16-14-22-59(64)61-42-54(26-29-66(61)77)57-39-46(3)36-47(4)40-57;1-3-4-2;2*1-2/h7-43H,6H2,1-5H3;3-4H,1-2H3;2*1-2H3/b68-48-;4-3-;;. The number of nitrogens with zero attached hydrogens (tertiary/aromatic N) is 6. The first-order valence-electron chi connectivity index (χ1n) is 29.7. The lowest BCUT2D eigenvalue weighted by Crippen LogP contribution is -2.07. The number of rotatable bonds is 10. The third-order valence-electron chi connectivity index (χ3n) is 15.3. The van der Waals surface area contributed by atoms with Crippen LogP contribution in [0.1, 0.15) is 81.8 Å². The van der Waals surface area contributed by atoms with E-state index in [9.17, 15) is 0 Å². The molecule has 0 aliphatic heterocycles. The SMILES string of the molecule is C/C=C\C.C=C(/C(=C(\C)c1ccncc1)c1cc(-c2nc(-c3ccccc3)nc(-c3ccccc3)n2)ccc1-n1c2ccccc2c2cc(-c3cc(C)cc(C)c3)ccc21)n1c2ccccc2c2cc(-c3cc(C)cc(C)c3)ccc21.CC.CC. The molecule has 420 valence electrons. The van der Waals surface area contributed by atoms with Gasteiger partial charge in [-0.1, -0.05) is 214 Å². The van der Waals surface area contributed by atoms with Crippen LogP contribution in [0.25, 0.3) is 123 Å². The minimum atomic E-state index is 0.563. The Morgan fingerprint density at radius 3 is 1.32 bits per heavy atom. The summed E-state index contributed by atoms with van der Waals surface area (Å²) in [6, 6.07) is 76.0. The second-order valence-electron chi connectivity index (χ2n) is 21.0. The molecule has 6 nitrogen and oxygen atoms in total. The third kappa shape index (κ3) is 11.8. The molecule has 0 spiro atoms. The molecule has 6 heteroatoms. The van der Waals surface area contributed by atoms with E-state index < -0.39 is 0 Å². The number of aryl methyl sites for hydroxylation is 4. The molecule has 13 rings (SSSR count). The van der Waals surface area contributed by atoms with Gasteiger partial charge in [0.05, 0.1) is 27.8 Å². The van der Waals surface area contributed by atoms with Crippen LogP contribution in [0.4, 0.5) is 0 Å². The molecule has 0 N–H and O–H groups in total. The molecule has 0 saturated heterocycles. The highest BCUT2D eigenvalue weighted by Crippen LogP contribution is 2.45. The van der Waals surface area contributed by atoms with Gasteiger partial charge in [0.15, 0.2) is 17.5 Å². The summed E-state index contributed by atoms with van der Waals surface area (Å²) in [7, 11) is 0. The highest BCUT2D eigenvalue weighted by atomic mass is 15.0. The summed E-state index contributed by atoms with van der Waals surface area (Å²) in [5.41, 5.74) is 22.5. The van der Waals surface area contributed by atoms with Crippen LogP contribution in [0.15, 0.2) is 243 Å². The van der Waals surface area contributed by atoms with Crippen molar-refractivity contribution in [1.82, 2.24) is 29.1 Å². The number of para-hydroxylation sites is 2. The van der Waals surface area contributed by atoms with Crippen molar-refractivity contribution in [2.24, 2.45) is 0 Å². The number of fused-ring (bicyclic) bond motifs is 6. The van der Waals surface area contributed by atoms with E-state index in [1.807, 2.05) is 102 Å². The Morgan fingerprint density at radius 2 is 0.800 bits per heavy atom. The molecule has 0 unspecified atom stereocenters. The van der Waals surface area contributed by atoms with Gasteiger partial charge >= 0.3 is 0 Å². The van der Waals surface area contributed by atoms with Gasteiger partial charge in [0.1, 0.15) is 0 Å². The van der Waals surface area contributed by atoms with Crippen LogP contribution < -0.4 is 0 Å². The van der Waals surface area contributed by atoms with Crippen molar-refractivity contribution in [3.8, 4) is 62.1 Å². The Bertz CT molecular complexity index is 4490. The molecule has 4 heterocycles. The van der Waals surface area contributed by atoms with Gasteiger partial charge in [0.2, 0.25) is 0 Å². The summed E-state index contributed by atoms with van der Waals surface area (Å²) in [5.74, 6) is 1.76. The third-order valence-corrected chi connectivity index (χ3v) is 15.3. The topological polar surface area (TPSA) is 61.4 Å². The van der Waals surface area contributed by atoms with Crippen molar-refractivity contribution in [1.29, 1.82) is 0 Å². The van der Waals surface area contributed by atoms with E-state index in [1.165, 1.54) is 55.3 Å². The van der Waals surface area contributed by atoms with E-state index in [1.54, 1.807) is 0 Å². The maximum atomic E-state index is 5.29. The van der Waals surface area contributed by atoms with Crippen LogP contribution >= 0.6 is 0 Å². The second kappa shape index (κ2) is 26.0. The second-order valence-corrected chi connectivity index (χ2v) is 21.0. The summed E-state index contributed by atoms with van der Waals surface area (Å²) >= 11 is 0. The molecular weight excluding hydrogens is 1030 g/mol. The van der Waals surface area contributed by atoms with Crippen molar-refractivity contribution in [3.05, 3.63) is 277 Å². The first-order valence-corrected chi connectivity index (χ1v) is 29.7. The molecule has 0 aliphatic rings. The van der Waals surface area contributed by atoms with Gasteiger partial charge in [0.25, 0.3) is 0 Å². The van der Waals surface area contributed by atoms with Gasteiger partial charge < -0.3 is 9.13 Å². The normalized spacial score (nSPS) is 11.4. The zero-order valence-corrected chi connectivity index (χ0v) is 50.9. The van der Waals surface area contributed by atoms with E-state index in [2.05, 4.69) is 225 Å². The number of benzene rings is 9. The highest BCUT2D eigenvalue weighted by molar-refractivity contribution is 6.19. The van der Waals surface area contributed by atoms with Crippen molar-refractivity contribution in [3.63, 3.8) is 0 Å². The quantitative estimate of drug-likeness (QED) is 0.101. The van der Waals surface area contributed by atoms with E-state index in [0.717, 1.165) is 83.2 Å². The largest absolute Gasteiger partial charge is 0.309 e. The predicted octanol–water partition coefficient (Wildman–Crippen LogP) is 21.8. The number of aromatic nitrogens is 6. The molecule has 85 heavy (non-hydrogen) atoms. The van der Waals surface area contributed by atoms with Gasteiger partial charge in [-0.05, 0) is 149 Å². The van der Waals surface area contributed by atoms with Crippen LogP contribution in [0, 0.1) is 27.7 Å². The van der Waals surface area contributed by atoms with Gasteiger partial charge in [-0.25, -0.2) is 15.0 Å². The minimum Gasteiger partial charge on any atom is -0.309 e. The Hall–Kier alpha value is -10.0. The first-order chi connectivity index (χ1) is 41.5. The predicted molar refractivity (Wildman–Crippen MR) is 365 cm³/mol. The Labute approximate surface area is 501 Å². The maximum absolute atomic E-state index is 5.29.